The third-order valence-corrected chi connectivity index (χ3v) is 8.41. The quantitative estimate of drug-likeness (QED) is 0.320. The molecule has 1 saturated carbocycles. The summed E-state index contributed by atoms with van der Waals surface area (Å²) in [4.78, 5) is 80.8. The molecule has 0 unspecified atom stereocenters. The van der Waals surface area contributed by atoms with E-state index in [9.17, 15) is 28.8 Å². The van der Waals surface area contributed by atoms with Crippen molar-refractivity contribution in [1.82, 2.24) is 31.5 Å². The van der Waals surface area contributed by atoms with Crippen LogP contribution in [-0.2, 0) is 24.0 Å². The van der Waals surface area contributed by atoms with E-state index in [2.05, 4.69) is 26.6 Å². The van der Waals surface area contributed by atoms with Crippen molar-refractivity contribution in [2.45, 2.75) is 82.8 Å². The zero-order valence-electron chi connectivity index (χ0n) is 25.5. The molecule has 240 valence electrons. The summed E-state index contributed by atoms with van der Waals surface area (Å²) >= 11 is 0. The van der Waals surface area contributed by atoms with Crippen LogP contribution in [0, 0.1) is 5.92 Å². The number of rotatable bonds is 5. The summed E-state index contributed by atoms with van der Waals surface area (Å²) in [5.41, 5.74) is -1.10. The minimum Gasteiger partial charge on any atom is -0.491 e. The van der Waals surface area contributed by atoms with Crippen molar-refractivity contribution in [3.8, 4) is 5.75 Å². The van der Waals surface area contributed by atoms with E-state index in [1.807, 2.05) is 13.8 Å². The highest BCUT2D eigenvalue weighted by molar-refractivity contribution is 6.01. The molecule has 0 radical (unpaired) electrons. The molecule has 1 saturated heterocycles. The summed E-state index contributed by atoms with van der Waals surface area (Å²) in [7, 11) is 0. The molecule has 44 heavy (non-hydrogen) atoms. The van der Waals surface area contributed by atoms with Crippen molar-refractivity contribution >= 4 is 35.4 Å². The minimum absolute atomic E-state index is 0.0247. The SMILES string of the molecule is CC(C)[C@H]1NC(=O)C2(CCCCC2)NC(=O)C[C@@H](C(=O)NCCN2CCCC2=O)NC(=O)c2ccccc2OCCNC1=O. The van der Waals surface area contributed by atoms with Crippen LogP contribution in [-0.4, -0.2) is 90.8 Å². The van der Waals surface area contributed by atoms with Crippen LogP contribution in [0.4, 0.5) is 0 Å². The molecule has 5 N–H and O–H groups in total. The molecule has 2 heterocycles. The first-order valence-corrected chi connectivity index (χ1v) is 15.6. The molecule has 2 fully saturated rings. The number of ether oxygens (including phenoxy) is 1. The Morgan fingerprint density at radius 3 is 2.50 bits per heavy atom. The molecule has 0 aromatic heterocycles. The molecule has 2 aliphatic heterocycles. The number of likely N-dealkylation sites (tertiary alicyclic amines) is 1. The molecular weight excluding hydrogens is 568 g/mol. The number of nitrogens with one attached hydrogen (secondary N) is 5. The number of benzene rings is 1. The van der Waals surface area contributed by atoms with Gasteiger partial charge < -0.3 is 36.2 Å². The lowest BCUT2D eigenvalue weighted by atomic mass is 9.80. The van der Waals surface area contributed by atoms with E-state index in [1.54, 1.807) is 29.2 Å². The molecule has 13 nitrogen and oxygen atoms in total. The van der Waals surface area contributed by atoms with Gasteiger partial charge in [-0.3, -0.25) is 28.8 Å². The molecule has 1 aromatic rings. The monoisotopic (exact) mass is 612 g/mol. The highest BCUT2D eigenvalue weighted by atomic mass is 16.5. The van der Waals surface area contributed by atoms with Gasteiger partial charge in [0.1, 0.15) is 30.0 Å². The summed E-state index contributed by atoms with van der Waals surface area (Å²) in [6, 6.07) is 4.38. The van der Waals surface area contributed by atoms with Crippen molar-refractivity contribution in [3.05, 3.63) is 29.8 Å². The maximum absolute atomic E-state index is 13.7. The van der Waals surface area contributed by atoms with Gasteiger partial charge in [0.15, 0.2) is 0 Å². The third-order valence-electron chi connectivity index (χ3n) is 8.41. The van der Waals surface area contributed by atoms with Crippen molar-refractivity contribution in [1.29, 1.82) is 0 Å². The van der Waals surface area contributed by atoms with Crippen molar-refractivity contribution in [3.63, 3.8) is 0 Å². The molecular formula is C31H44N6O7. The van der Waals surface area contributed by atoms with E-state index < -0.39 is 47.7 Å². The third kappa shape index (κ3) is 8.26. The Morgan fingerprint density at radius 1 is 1.05 bits per heavy atom. The Kier molecular flexibility index (Phi) is 11.2. The van der Waals surface area contributed by atoms with Crippen LogP contribution in [0.25, 0.3) is 0 Å². The van der Waals surface area contributed by atoms with Gasteiger partial charge in [0, 0.05) is 26.1 Å². The summed E-state index contributed by atoms with van der Waals surface area (Å²) in [5, 5.41) is 14.0. The molecule has 0 bridgehead atoms. The van der Waals surface area contributed by atoms with Crippen LogP contribution < -0.4 is 31.3 Å². The Hall–Kier alpha value is -4.16. The highest BCUT2D eigenvalue weighted by Crippen LogP contribution is 2.29. The Bertz CT molecular complexity index is 1250. The van der Waals surface area contributed by atoms with Crippen LogP contribution >= 0.6 is 0 Å². The Morgan fingerprint density at radius 2 is 1.80 bits per heavy atom. The van der Waals surface area contributed by atoms with Gasteiger partial charge in [-0.2, -0.15) is 0 Å². The molecule has 6 amide bonds. The second-order valence-electron chi connectivity index (χ2n) is 12.0. The molecule has 1 aliphatic carbocycles. The number of hydrogen-bond donors (Lipinski definition) is 5. The van der Waals surface area contributed by atoms with Crippen molar-refractivity contribution < 1.29 is 33.5 Å². The zero-order valence-corrected chi connectivity index (χ0v) is 25.5. The summed E-state index contributed by atoms with van der Waals surface area (Å²) < 4.78 is 5.81. The van der Waals surface area contributed by atoms with Gasteiger partial charge in [-0.15, -0.1) is 0 Å². The number of nitrogens with zero attached hydrogens (tertiary/aromatic N) is 1. The first-order valence-electron chi connectivity index (χ1n) is 15.6. The fraction of sp³-hybridized carbons (Fsp3) is 0.613. The van der Waals surface area contributed by atoms with Crippen LogP contribution in [0.15, 0.2) is 24.3 Å². The van der Waals surface area contributed by atoms with Crippen molar-refractivity contribution in [2.75, 3.05) is 32.8 Å². The average molecular weight is 613 g/mol. The largest absolute Gasteiger partial charge is 0.491 e. The van der Waals surface area contributed by atoms with Gasteiger partial charge in [0.25, 0.3) is 5.91 Å². The molecule has 3 aliphatic rings. The van der Waals surface area contributed by atoms with E-state index in [0.29, 0.717) is 45.2 Å². The predicted octanol–water partition coefficient (Wildman–Crippen LogP) is 0.382. The van der Waals surface area contributed by atoms with Gasteiger partial charge in [-0.1, -0.05) is 45.2 Å². The standard InChI is InChI=1S/C31H44N6O7/c1-20(2)26-29(42)33-15-18-44-23-10-5-4-9-21(23)27(40)34-22(28(41)32-14-17-37-16-8-11-25(37)39)19-24(38)36-31(30(43)35-26)12-6-3-7-13-31/h4-5,9-10,20,22,26H,3,6-8,11-19H2,1-2H3,(H,32,41)(H,33,42)(H,34,40)(H,35,43)(H,36,38)/t22-,26+/m0/s1. The number of carbonyl (C=O) groups is 6. The normalized spacial score (nSPS) is 23.5. The van der Waals surface area contributed by atoms with E-state index in [-0.39, 0.29) is 48.7 Å². The van der Waals surface area contributed by atoms with Gasteiger partial charge >= 0.3 is 0 Å². The van der Waals surface area contributed by atoms with E-state index >= 15 is 0 Å². The van der Waals surface area contributed by atoms with E-state index in [1.165, 1.54) is 0 Å². The molecule has 2 atom stereocenters. The van der Waals surface area contributed by atoms with Crippen LogP contribution in [0.5, 0.6) is 5.75 Å². The van der Waals surface area contributed by atoms with Gasteiger partial charge in [0.05, 0.1) is 18.5 Å². The molecule has 4 rings (SSSR count). The zero-order chi connectivity index (χ0) is 31.7. The number of carbonyl (C=O) groups excluding carboxylic acids is 6. The van der Waals surface area contributed by atoms with E-state index in [4.69, 9.17) is 4.74 Å². The first-order chi connectivity index (χ1) is 21.1. The maximum Gasteiger partial charge on any atom is 0.255 e. The predicted molar refractivity (Wildman–Crippen MR) is 160 cm³/mol. The van der Waals surface area contributed by atoms with E-state index in [0.717, 1.165) is 12.8 Å². The number of hydrogen-bond acceptors (Lipinski definition) is 7. The highest BCUT2D eigenvalue weighted by Gasteiger charge is 2.43. The van der Waals surface area contributed by atoms with Crippen LogP contribution in [0.2, 0.25) is 0 Å². The fourth-order valence-corrected chi connectivity index (χ4v) is 5.93. The lowest BCUT2D eigenvalue weighted by Crippen LogP contribution is -2.64. The summed E-state index contributed by atoms with van der Waals surface area (Å²) in [5.74, 6) is -2.59. The molecule has 1 spiro atoms. The molecule has 13 heteroatoms. The second kappa shape index (κ2) is 15.0. The minimum atomic E-state index is -1.27. The lowest BCUT2D eigenvalue weighted by Gasteiger charge is -2.38. The number of amides is 6. The second-order valence-corrected chi connectivity index (χ2v) is 12.0. The number of para-hydroxylation sites is 1. The summed E-state index contributed by atoms with van der Waals surface area (Å²) in [6.45, 7) is 4.93. The fourth-order valence-electron chi connectivity index (χ4n) is 5.93. The van der Waals surface area contributed by atoms with Gasteiger partial charge in [-0.25, -0.2) is 0 Å². The average Bonchev–Trinajstić information content (AvgIpc) is 3.41. The Balaban J connectivity index is 1.60. The lowest BCUT2D eigenvalue weighted by molar-refractivity contribution is -0.138. The van der Waals surface area contributed by atoms with Crippen LogP contribution in [0.3, 0.4) is 0 Å². The first kappa shape index (κ1) is 32.7. The van der Waals surface area contributed by atoms with Gasteiger partial charge in [0.2, 0.25) is 29.5 Å². The number of fused-ring (bicyclic) bond motifs is 1. The smallest absolute Gasteiger partial charge is 0.255 e. The Labute approximate surface area is 257 Å². The maximum atomic E-state index is 13.7. The molecule has 1 aromatic carbocycles. The van der Waals surface area contributed by atoms with Gasteiger partial charge in [-0.05, 0) is 37.3 Å². The summed E-state index contributed by atoms with van der Waals surface area (Å²) in [6.07, 6.45) is 3.89. The van der Waals surface area contributed by atoms with Crippen LogP contribution in [0.1, 0.15) is 75.6 Å². The topological polar surface area (TPSA) is 175 Å². The van der Waals surface area contributed by atoms with Crippen molar-refractivity contribution in [2.24, 2.45) is 5.92 Å².